The zero-order chi connectivity index (χ0) is 14.0. The highest BCUT2D eigenvalue weighted by molar-refractivity contribution is 5.30. The summed E-state index contributed by atoms with van der Waals surface area (Å²) in [4.78, 5) is 2.59. The van der Waals surface area contributed by atoms with Crippen LogP contribution in [0.4, 0.5) is 0 Å². The molecule has 0 spiro atoms. The van der Waals surface area contributed by atoms with Crippen LogP contribution < -0.4 is 5.73 Å². The summed E-state index contributed by atoms with van der Waals surface area (Å²) >= 11 is 0. The molecule has 2 rings (SSSR count). The number of nitrogens with zero attached hydrogens (tertiary/aromatic N) is 1. The van der Waals surface area contributed by atoms with Gasteiger partial charge in [0.1, 0.15) is 0 Å². The van der Waals surface area contributed by atoms with Crippen molar-refractivity contribution in [2.45, 2.75) is 52.6 Å². The Balaban J connectivity index is 2.03. The molecule has 0 aromatic heterocycles. The monoisotopic (exact) mass is 260 g/mol. The van der Waals surface area contributed by atoms with E-state index < -0.39 is 0 Å². The first kappa shape index (κ1) is 14.5. The maximum absolute atomic E-state index is 6.43. The highest BCUT2D eigenvalue weighted by Crippen LogP contribution is 2.29. The summed E-state index contributed by atoms with van der Waals surface area (Å²) in [6, 6.07) is 7.61. The van der Waals surface area contributed by atoms with E-state index in [1.807, 2.05) is 0 Å². The lowest BCUT2D eigenvalue weighted by atomic mass is 10.0. The third kappa shape index (κ3) is 4.32. The number of aryl methyl sites for hydroxylation is 2. The number of nitrogens with two attached hydrogens (primary N) is 1. The van der Waals surface area contributed by atoms with E-state index in [4.69, 9.17) is 5.73 Å². The quantitative estimate of drug-likeness (QED) is 0.849. The molecule has 2 heteroatoms. The van der Waals surface area contributed by atoms with Gasteiger partial charge in [-0.05, 0) is 38.2 Å². The fourth-order valence-electron chi connectivity index (χ4n) is 2.86. The first-order valence-electron chi connectivity index (χ1n) is 7.53. The van der Waals surface area contributed by atoms with Crippen LogP contribution >= 0.6 is 0 Å². The van der Waals surface area contributed by atoms with Crippen molar-refractivity contribution in [3.63, 3.8) is 0 Å². The van der Waals surface area contributed by atoms with Crippen LogP contribution in [0.1, 0.15) is 49.4 Å². The molecule has 1 aliphatic rings. The summed E-state index contributed by atoms with van der Waals surface area (Å²) in [6.07, 6.45) is 2.71. The molecule has 0 radical (unpaired) electrons. The molecule has 0 amide bonds. The zero-order valence-corrected chi connectivity index (χ0v) is 12.8. The maximum atomic E-state index is 6.43. The van der Waals surface area contributed by atoms with Crippen LogP contribution in [0, 0.1) is 19.8 Å². The van der Waals surface area contributed by atoms with E-state index in [1.165, 1.54) is 36.1 Å². The molecule has 106 valence electrons. The van der Waals surface area contributed by atoms with Crippen LogP contribution in [0.15, 0.2) is 18.2 Å². The number of hydrogen-bond acceptors (Lipinski definition) is 2. The fourth-order valence-corrected chi connectivity index (χ4v) is 2.86. The molecule has 0 aliphatic heterocycles. The molecule has 1 atom stereocenters. The van der Waals surface area contributed by atoms with Crippen LogP contribution in [0.3, 0.4) is 0 Å². The van der Waals surface area contributed by atoms with E-state index in [1.54, 1.807) is 0 Å². The summed E-state index contributed by atoms with van der Waals surface area (Å²) in [7, 11) is 0. The SMILES string of the molecule is Cc1cc(C)cc(C(N)CN(CC(C)C)C2CC2)c1. The number of hydrogen-bond donors (Lipinski definition) is 1. The van der Waals surface area contributed by atoms with Crippen molar-refractivity contribution in [1.82, 2.24) is 4.90 Å². The van der Waals surface area contributed by atoms with Gasteiger partial charge >= 0.3 is 0 Å². The number of rotatable bonds is 6. The normalized spacial score (nSPS) is 17.2. The largest absolute Gasteiger partial charge is 0.323 e. The lowest BCUT2D eigenvalue weighted by molar-refractivity contribution is 0.221. The Morgan fingerprint density at radius 2 is 1.68 bits per heavy atom. The van der Waals surface area contributed by atoms with Crippen LogP contribution in [-0.2, 0) is 0 Å². The van der Waals surface area contributed by atoms with Gasteiger partial charge in [0, 0.05) is 25.2 Å². The molecule has 0 bridgehead atoms. The lowest BCUT2D eigenvalue weighted by Gasteiger charge is -2.27. The molecular weight excluding hydrogens is 232 g/mol. The van der Waals surface area contributed by atoms with E-state index >= 15 is 0 Å². The fraction of sp³-hybridized carbons (Fsp3) is 0.647. The van der Waals surface area contributed by atoms with Gasteiger partial charge in [-0.1, -0.05) is 43.2 Å². The van der Waals surface area contributed by atoms with Gasteiger partial charge in [0.15, 0.2) is 0 Å². The molecule has 0 saturated heterocycles. The third-order valence-electron chi connectivity index (χ3n) is 3.77. The van der Waals surface area contributed by atoms with Crippen molar-refractivity contribution < 1.29 is 0 Å². The minimum absolute atomic E-state index is 0.137. The summed E-state index contributed by atoms with van der Waals surface area (Å²) in [5, 5.41) is 0. The van der Waals surface area contributed by atoms with E-state index in [0.717, 1.165) is 12.6 Å². The first-order valence-corrected chi connectivity index (χ1v) is 7.53. The van der Waals surface area contributed by atoms with Crippen LogP contribution in [-0.4, -0.2) is 24.0 Å². The van der Waals surface area contributed by atoms with Gasteiger partial charge in [0.25, 0.3) is 0 Å². The third-order valence-corrected chi connectivity index (χ3v) is 3.77. The van der Waals surface area contributed by atoms with E-state index in [-0.39, 0.29) is 6.04 Å². The molecule has 1 aromatic rings. The Kier molecular flexibility index (Phi) is 4.64. The van der Waals surface area contributed by atoms with Crippen molar-refractivity contribution in [2.24, 2.45) is 11.7 Å². The average molecular weight is 260 g/mol. The Bertz CT molecular complexity index is 401. The molecule has 1 saturated carbocycles. The van der Waals surface area contributed by atoms with Gasteiger partial charge < -0.3 is 5.73 Å². The summed E-state index contributed by atoms with van der Waals surface area (Å²) in [5.41, 5.74) is 10.3. The van der Waals surface area contributed by atoms with Gasteiger partial charge in [-0.3, -0.25) is 4.90 Å². The predicted octanol–water partition coefficient (Wildman–Crippen LogP) is 3.42. The number of benzene rings is 1. The second-order valence-corrected chi connectivity index (χ2v) is 6.61. The maximum Gasteiger partial charge on any atom is 0.0424 e. The van der Waals surface area contributed by atoms with Crippen LogP contribution in [0.25, 0.3) is 0 Å². The highest BCUT2D eigenvalue weighted by Gasteiger charge is 2.30. The molecule has 1 aromatic carbocycles. The van der Waals surface area contributed by atoms with Gasteiger partial charge in [0.2, 0.25) is 0 Å². The van der Waals surface area contributed by atoms with Gasteiger partial charge in [-0.2, -0.15) is 0 Å². The topological polar surface area (TPSA) is 29.3 Å². The molecule has 1 fully saturated rings. The molecule has 2 nitrogen and oxygen atoms in total. The summed E-state index contributed by atoms with van der Waals surface area (Å²) in [6.45, 7) is 11.0. The minimum Gasteiger partial charge on any atom is -0.323 e. The summed E-state index contributed by atoms with van der Waals surface area (Å²) in [5.74, 6) is 0.715. The highest BCUT2D eigenvalue weighted by atomic mass is 15.2. The zero-order valence-electron chi connectivity index (χ0n) is 12.8. The Morgan fingerprint density at radius 1 is 1.11 bits per heavy atom. The smallest absolute Gasteiger partial charge is 0.0424 e. The molecule has 2 N–H and O–H groups in total. The molecular formula is C17H28N2. The average Bonchev–Trinajstić information content (AvgIpc) is 3.09. The van der Waals surface area contributed by atoms with Crippen molar-refractivity contribution in [3.8, 4) is 0 Å². The van der Waals surface area contributed by atoms with E-state index in [0.29, 0.717) is 5.92 Å². The van der Waals surface area contributed by atoms with Gasteiger partial charge in [0.05, 0.1) is 0 Å². The van der Waals surface area contributed by atoms with Crippen molar-refractivity contribution >= 4 is 0 Å². The van der Waals surface area contributed by atoms with Gasteiger partial charge in [-0.25, -0.2) is 0 Å². The van der Waals surface area contributed by atoms with Crippen molar-refractivity contribution in [3.05, 3.63) is 34.9 Å². The Morgan fingerprint density at radius 3 is 2.16 bits per heavy atom. The van der Waals surface area contributed by atoms with E-state index in [2.05, 4.69) is 50.8 Å². The van der Waals surface area contributed by atoms with Crippen molar-refractivity contribution in [2.75, 3.05) is 13.1 Å². The summed E-state index contributed by atoms with van der Waals surface area (Å²) < 4.78 is 0. The van der Waals surface area contributed by atoms with Crippen LogP contribution in [0.2, 0.25) is 0 Å². The molecule has 19 heavy (non-hydrogen) atoms. The molecule has 1 aliphatic carbocycles. The van der Waals surface area contributed by atoms with Gasteiger partial charge in [-0.15, -0.1) is 0 Å². The first-order chi connectivity index (χ1) is 8.95. The second kappa shape index (κ2) is 6.06. The second-order valence-electron chi connectivity index (χ2n) is 6.61. The lowest BCUT2D eigenvalue weighted by Crippen LogP contribution is -2.36. The van der Waals surface area contributed by atoms with Crippen molar-refractivity contribution in [1.29, 1.82) is 0 Å². The standard InChI is InChI=1S/C17H28N2/c1-12(2)10-19(16-5-6-16)11-17(18)15-8-13(3)7-14(4)9-15/h7-9,12,16-17H,5-6,10-11,18H2,1-4H3. The van der Waals surface area contributed by atoms with E-state index in [9.17, 15) is 0 Å². The predicted molar refractivity (Wildman–Crippen MR) is 82.3 cm³/mol. The Hall–Kier alpha value is -0.860. The molecule has 0 heterocycles. The molecule has 1 unspecified atom stereocenters. The minimum atomic E-state index is 0.137. The Labute approximate surface area is 118 Å². The van der Waals surface area contributed by atoms with Crippen LogP contribution in [0.5, 0.6) is 0 Å².